The van der Waals surface area contributed by atoms with Crippen molar-refractivity contribution in [1.29, 1.82) is 0 Å². The van der Waals surface area contributed by atoms with Crippen LogP contribution >= 0.6 is 27.5 Å². The lowest BCUT2D eigenvalue weighted by Gasteiger charge is -2.10. The van der Waals surface area contributed by atoms with Gasteiger partial charge in [0.15, 0.2) is 0 Å². The van der Waals surface area contributed by atoms with Gasteiger partial charge in [-0.3, -0.25) is 14.2 Å². The molecule has 1 heterocycles. The van der Waals surface area contributed by atoms with Gasteiger partial charge in [-0.1, -0.05) is 45.7 Å². The van der Waals surface area contributed by atoms with Crippen LogP contribution in [0.3, 0.4) is 0 Å². The molecule has 3 nitrogen and oxygen atoms in total. The summed E-state index contributed by atoms with van der Waals surface area (Å²) in [5.74, 6) is 0. The third kappa shape index (κ3) is 2.19. The maximum atomic E-state index is 12.2. The van der Waals surface area contributed by atoms with Gasteiger partial charge in [0, 0.05) is 16.5 Å². The van der Waals surface area contributed by atoms with Crippen LogP contribution in [0.25, 0.3) is 10.9 Å². The molecule has 0 aliphatic carbocycles. The van der Waals surface area contributed by atoms with E-state index in [9.17, 15) is 4.79 Å². The van der Waals surface area contributed by atoms with E-state index in [4.69, 9.17) is 11.6 Å². The number of halogens is 2. The van der Waals surface area contributed by atoms with Crippen LogP contribution in [-0.2, 0) is 13.6 Å². The Labute approximate surface area is 129 Å². The first kappa shape index (κ1) is 13.5. The van der Waals surface area contributed by atoms with Crippen molar-refractivity contribution in [3.63, 3.8) is 0 Å². The van der Waals surface area contributed by atoms with Gasteiger partial charge in [0.05, 0.1) is 17.4 Å². The van der Waals surface area contributed by atoms with Crippen molar-refractivity contribution in [2.45, 2.75) is 6.54 Å². The molecule has 0 atom stereocenters. The van der Waals surface area contributed by atoms with E-state index < -0.39 is 0 Å². The second kappa shape index (κ2) is 5.11. The van der Waals surface area contributed by atoms with E-state index in [0.717, 1.165) is 15.6 Å². The standard InChI is InChI=1S/C15H12BrClN2O/c1-18-15(20)12-7-6-11(16)8-14(12)19(18)9-10-4-2-3-5-13(10)17/h2-8H,9H2,1H3. The van der Waals surface area contributed by atoms with Crippen LogP contribution in [0.1, 0.15) is 5.56 Å². The van der Waals surface area contributed by atoms with Crippen LogP contribution in [0, 0.1) is 0 Å². The van der Waals surface area contributed by atoms with Gasteiger partial charge in [-0.05, 0) is 29.8 Å². The van der Waals surface area contributed by atoms with Gasteiger partial charge in [-0.2, -0.15) is 0 Å². The summed E-state index contributed by atoms with van der Waals surface area (Å²) < 4.78 is 4.51. The van der Waals surface area contributed by atoms with E-state index in [-0.39, 0.29) is 5.56 Å². The molecule has 0 fully saturated rings. The van der Waals surface area contributed by atoms with Gasteiger partial charge < -0.3 is 0 Å². The quantitative estimate of drug-likeness (QED) is 0.690. The van der Waals surface area contributed by atoms with Crippen molar-refractivity contribution in [2.24, 2.45) is 7.05 Å². The van der Waals surface area contributed by atoms with Crippen molar-refractivity contribution in [3.05, 3.63) is 67.9 Å². The molecule has 3 aromatic rings. The average Bonchev–Trinajstić information content (AvgIpc) is 2.66. The first-order valence-electron chi connectivity index (χ1n) is 6.16. The molecular formula is C15H12BrClN2O. The zero-order chi connectivity index (χ0) is 14.3. The average molecular weight is 352 g/mol. The second-order valence-corrected chi connectivity index (χ2v) is 5.96. The number of rotatable bonds is 2. The number of hydrogen-bond donors (Lipinski definition) is 0. The number of aromatic nitrogens is 2. The lowest BCUT2D eigenvalue weighted by Crippen LogP contribution is -2.19. The molecule has 0 saturated heterocycles. The molecule has 0 spiro atoms. The minimum absolute atomic E-state index is 0.000413. The minimum atomic E-state index is -0.000413. The summed E-state index contributed by atoms with van der Waals surface area (Å²) in [7, 11) is 1.77. The van der Waals surface area contributed by atoms with Crippen LogP contribution in [-0.4, -0.2) is 9.36 Å². The van der Waals surface area contributed by atoms with Crippen molar-refractivity contribution in [3.8, 4) is 0 Å². The molecule has 0 radical (unpaired) electrons. The molecule has 0 aliphatic heterocycles. The second-order valence-electron chi connectivity index (χ2n) is 4.64. The van der Waals surface area contributed by atoms with Crippen LogP contribution in [0.2, 0.25) is 5.02 Å². The zero-order valence-electron chi connectivity index (χ0n) is 10.8. The molecule has 3 rings (SSSR count). The Bertz CT molecular complexity index is 851. The van der Waals surface area contributed by atoms with E-state index >= 15 is 0 Å². The molecule has 0 amide bonds. The number of nitrogens with zero attached hydrogens (tertiary/aromatic N) is 2. The fraction of sp³-hybridized carbons (Fsp3) is 0.133. The number of hydrogen-bond acceptors (Lipinski definition) is 1. The summed E-state index contributed by atoms with van der Waals surface area (Å²) in [4.78, 5) is 12.2. The monoisotopic (exact) mass is 350 g/mol. The predicted molar refractivity (Wildman–Crippen MR) is 85.4 cm³/mol. The Morgan fingerprint density at radius 3 is 2.70 bits per heavy atom. The molecule has 0 saturated carbocycles. The highest BCUT2D eigenvalue weighted by Crippen LogP contribution is 2.21. The summed E-state index contributed by atoms with van der Waals surface area (Å²) >= 11 is 9.66. The molecule has 0 bridgehead atoms. The molecule has 0 N–H and O–H groups in total. The van der Waals surface area contributed by atoms with Gasteiger partial charge in [0.1, 0.15) is 0 Å². The highest BCUT2D eigenvalue weighted by atomic mass is 79.9. The van der Waals surface area contributed by atoms with E-state index in [2.05, 4.69) is 15.9 Å². The molecule has 1 aromatic heterocycles. The third-order valence-corrected chi connectivity index (χ3v) is 4.26. The summed E-state index contributed by atoms with van der Waals surface area (Å²) in [5.41, 5.74) is 1.88. The highest BCUT2D eigenvalue weighted by molar-refractivity contribution is 9.10. The van der Waals surface area contributed by atoms with Crippen molar-refractivity contribution >= 4 is 38.4 Å². The molecule has 102 valence electrons. The summed E-state index contributed by atoms with van der Waals surface area (Å²) in [6, 6.07) is 13.3. The van der Waals surface area contributed by atoms with Crippen LogP contribution in [0.4, 0.5) is 0 Å². The Balaban J connectivity index is 2.21. The zero-order valence-corrected chi connectivity index (χ0v) is 13.1. The fourth-order valence-electron chi connectivity index (χ4n) is 2.32. The summed E-state index contributed by atoms with van der Waals surface area (Å²) in [6.07, 6.45) is 0. The van der Waals surface area contributed by atoms with E-state index in [1.807, 2.05) is 47.1 Å². The van der Waals surface area contributed by atoms with Gasteiger partial charge >= 0.3 is 0 Å². The topological polar surface area (TPSA) is 26.9 Å². The van der Waals surface area contributed by atoms with Gasteiger partial charge in [0.2, 0.25) is 0 Å². The Morgan fingerprint density at radius 2 is 1.95 bits per heavy atom. The lowest BCUT2D eigenvalue weighted by molar-refractivity contribution is 0.554. The third-order valence-electron chi connectivity index (χ3n) is 3.40. The van der Waals surface area contributed by atoms with Crippen LogP contribution in [0.5, 0.6) is 0 Å². The van der Waals surface area contributed by atoms with Crippen LogP contribution in [0.15, 0.2) is 51.7 Å². The largest absolute Gasteiger partial charge is 0.278 e. The number of fused-ring (bicyclic) bond motifs is 1. The van der Waals surface area contributed by atoms with Gasteiger partial charge in [-0.25, -0.2) is 0 Å². The van der Waals surface area contributed by atoms with Crippen molar-refractivity contribution in [1.82, 2.24) is 9.36 Å². The minimum Gasteiger partial charge on any atom is -0.278 e. The van der Waals surface area contributed by atoms with E-state index in [0.29, 0.717) is 17.0 Å². The molecular weight excluding hydrogens is 340 g/mol. The first-order chi connectivity index (χ1) is 9.58. The van der Waals surface area contributed by atoms with Crippen LogP contribution < -0.4 is 5.56 Å². The van der Waals surface area contributed by atoms with E-state index in [1.165, 1.54) is 0 Å². The molecule has 2 aromatic carbocycles. The van der Waals surface area contributed by atoms with E-state index in [1.54, 1.807) is 11.7 Å². The molecule has 0 unspecified atom stereocenters. The smallest absolute Gasteiger partial charge is 0.274 e. The Morgan fingerprint density at radius 1 is 1.20 bits per heavy atom. The first-order valence-corrected chi connectivity index (χ1v) is 7.33. The van der Waals surface area contributed by atoms with Gasteiger partial charge in [0.25, 0.3) is 5.56 Å². The maximum Gasteiger partial charge on any atom is 0.274 e. The molecule has 0 aliphatic rings. The highest BCUT2D eigenvalue weighted by Gasteiger charge is 2.12. The number of benzene rings is 2. The van der Waals surface area contributed by atoms with Gasteiger partial charge in [-0.15, -0.1) is 0 Å². The molecule has 5 heteroatoms. The van der Waals surface area contributed by atoms with Crippen molar-refractivity contribution < 1.29 is 0 Å². The predicted octanol–water partition coefficient (Wildman–Crippen LogP) is 3.80. The summed E-state index contributed by atoms with van der Waals surface area (Å²) in [5, 5.41) is 1.42. The Hall–Kier alpha value is -1.52. The summed E-state index contributed by atoms with van der Waals surface area (Å²) in [6.45, 7) is 0.561. The fourth-order valence-corrected chi connectivity index (χ4v) is 2.87. The SMILES string of the molecule is Cn1c(=O)c2ccc(Br)cc2n1Cc1ccccc1Cl. The normalized spacial score (nSPS) is 11.2. The lowest BCUT2D eigenvalue weighted by atomic mass is 10.2. The maximum absolute atomic E-state index is 12.2. The molecule has 20 heavy (non-hydrogen) atoms. The van der Waals surface area contributed by atoms with Crippen molar-refractivity contribution in [2.75, 3.05) is 0 Å². The Kier molecular flexibility index (Phi) is 3.44.